The average Bonchev–Trinajstić information content (AvgIpc) is 2.61. The van der Waals surface area contributed by atoms with Crippen LogP contribution in [-0.2, 0) is 16.1 Å². The molecule has 0 bridgehead atoms. The van der Waals surface area contributed by atoms with Gasteiger partial charge in [-0.25, -0.2) is 0 Å². The summed E-state index contributed by atoms with van der Waals surface area (Å²) in [5.41, 5.74) is 3.95. The summed E-state index contributed by atoms with van der Waals surface area (Å²) in [6, 6.07) is 7.02. The molecule has 27 heavy (non-hydrogen) atoms. The van der Waals surface area contributed by atoms with E-state index < -0.39 is 5.54 Å². The second-order valence-corrected chi connectivity index (χ2v) is 8.16. The van der Waals surface area contributed by atoms with Crippen LogP contribution >= 0.6 is 0 Å². The van der Waals surface area contributed by atoms with Crippen molar-refractivity contribution in [3.63, 3.8) is 0 Å². The predicted molar refractivity (Wildman–Crippen MR) is 105 cm³/mol. The molecule has 1 aromatic carbocycles. The molecule has 1 saturated carbocycles. The topological polar surface area (TPSA) is 56.6 Å². The third-order valence-corrected chi connectivity index (χ3v) is 6.35. The molecule has 1 amide bonds. The van der Waals surface area contributed by atoms with Gasteiger partial charge in [-0.3, -0.25) is 4.79 Å². The highest BCUT2D eigenvalue weighted by atomic mass is 16.7. The number of nitrogens with zero attached hydrogens (tertiary/aromatic N) is 3. The third-order valence-electron chi connectivity index (χ3n) is 6.35. The molecule has 5 nitrogen and oxygen atoms in total. The number of carbonyl (C=O) groups excluding carboxylic acids is 1. The zero-order valence-corrected chi connectivity index (χ0v) is 17.0. The number of piperidine rings is 1. The average molecular weight is 370 g/mol. The van der Waals surface area contributed by atoms with Crippen molar-refractivity contribution >= 4 is 5.91 Å². The van der Waals surface area contributed by atoms with Gasteiger partial charge in [0.15, 0.2) is 0 Å². The predicted octanol–water partition coefficient (Wildman–Crippen LogP) is 3.46. The number of rotatable bonds is 5. The maximum Gasteiger partial charge on any atom is 0.228 e. The van der Waals surface area contributed by atoms with Crippen LogP contribution in [0, 0.1) is 32.1 Å². The summed E-state index contributed by atoms with van der Waals surface area (Å²) in [5.74, 6) is 0.0992. The number of amides is 1. The molecule has 0 aromatic heterocycles. The van der Waals surface area contributed by atoms with E-state index in [0.29, 0.717) is 32.4 Å². The number of hydrogen-bond acceptors (Lipinski definition) is 4. The fraction of sp³-hybridized carbons (Fsp3) is 0.636. The first-order chi connectivity index (χ1) is 12.9. The van der Waals surface area contributed by atoms with Crippen LogP contribution < -0.4 is 0 Å². The van der Waals surface area contributed by atoms with Crippen molar-refractivity contribution in [3.8, 4) is 6.07 Å². The molecular formula is C22H31N3O2. The summed E-state index contributed by atoms with van der Waals surface area (Å²) in [6.45, 7) is 7.60. The molecule has 0 spiro atoms. The molecule has 2 fully saturated rings. The molecule has 2 aliphatic rings. The lowest BCUT2D eigenvalue weighted by atomic mass is 9.81. The Balaban J connectivity index is 1.87. The fourth-order valence-corrected chi connectivity index (χ4v) is 4.61. The first kappa shape index (κ1) is 19.9. The highest BCUT2D eigenvalue weighted by Gasteiger charge is 2.47. The van der Waals surface area contributed by atoms with Gasteiger partial charge in [-0.15, -0.1) is 0 Å². The molecule has 0 radical (unpaired) electrons. The van der Waals surface area contributed by atoms with Gasteiger partial charge in [-0.2, -0.15) is 10.3 Å². The van der Waals surface area contributed by atoms with Gasteiger partial charge in [0.1, 0.15) is 5.54 Å². The van der Waals surface area contributed by atoms with Crippen LogP contribution in [-0.4, -0.2) is 47.7 Å². The van der Waals surface area contributed by atoms with E-state index in [1.807, 2.05) is 9.96 Å². The Morgan fingerprint density at radius 3 is 2.30 bits per heavy atom. The zero-order valence-electron chi connectivity index (χ0n) is 17.0. The molecule has 3 rings (SSSR count). The first-order valence-electron chi connectivity index (χ1n) is 9.99. The van der Waals surface area contributed by atoms with E-state index in [-0.39, 0.29) is 11.9 Å². The Morgan fingerprint density at radius 1 is 1.26 bits per heavy atom. The minimum absolute atomic E-state index is 0.0992. The van der Waals surface area contributed by atoms with Gasteiger partial charge in [-0.05, 0) is 69.6 Å². The van der Waals surface area contributed by atoms with Crippen LogP contribution in [0.25, 0.3) is 0 Å². The van der Waals surface area contributed by atoms with Gasteiger partial charge in [0.05, 0.1) is 19.6 Å². The van der Waals surface area contributed by atoms with Crippen LogP contribution in [0.2, 0.25) is 0 Å². The van der Waals surface area contributed by atoms with Crippen LogP contribution in [0.1, 0.15) is 54.4 Å². The van der Waals surface area contributed by atoms with Crippen LogP contribution in [0.3, 0.4) is 0 Å². The lowest BCUT2D eigenvalue weighted by molar-refractivity contribution is -0.168. The highest BCUT2D eigenvalue weighted by molar-refractivity contribution is 5.81. The van der Waals surface area contributed by atoms with Crippen molar-refractivity contribution in [2.75, 3.05) is 20.2 Å². The summed E-state index contributed by atoms with van der Waals surface area (Å²) in [5, 5.41) is 12.0. The normalized spacial score (nSPS) is 20.0. The second-order valence-electron chi connectivity index (χ2n) is 8.16. The zero-order chi connectivity index (χ0) is 19.6. The van der Waals surface area contributed by atoms with Crippen LogP contribution in [0.15, 0.2) is 12.1 Å². The van der Waals surface area contributed by atoms with E-state index in [2.05, 4.69) is 39.0 Å². The molecule has 5 heteroatoms. The Morgan fingerprint density at radius 2 is 1.85 bits per heavy atom. The molecular weight excluding hydrogens is 338 g/mol. The Labute approximate surface area is 162 Å². The summed E-state index contributed by atoms with van der Waals surface area (Å²) < 4.78 is 0. The molecule has 0 atom stereocenters. The van der Waals surface area contributed by atoms with Crippen LogP contribution in [0.5, 0.6) is 0 Å². The molecule has 146 valence electrons. The second kappa shape index (κ2) is 8.00. The Kier molecular flexibility index (Phi) is 5.88. The van der Waals surface area contributed by atoms with Gasteiger partial charge in [0.25, 0.3) is 0 Å². The summed E-state index contributed by atoms with van der Waals surface area (Å²) >= 11 is 0. The molecule has 0 unspecified atom stereocenters. The summed E-state index contributed by atoms with van der Waals surface area (Å²) in [4.78, 5) is 20.8. The van der Waals surface area contributed by atoms with Gasteiger partial charge in [0, 0.05) is 19.1 Å². The number of aryl methyl sites for hydroxylation is 3. The van der Waals surface area contributed by atoms with Crippen LogP contribution in [0.4, 0.5) is 0 Å². The molecule has 0 N–H and O–H groups in total. The van der Waals surface area contributed by atoms with Crippen molar-refractivity contribution < 1.29 is 9.63 Å². The lowest BCUT2D eigenvalue weighted by Gasteiger charge is -2.50. The van der Waals surface area contributed by atoms with Crippen molar-refractivity contribution in [1.29, 1.82) is 5.26 Å². The van der Waals surface area contributed by atoms with E-state index >= 15 is 0 Å². The van der Waals surface area contributed by atoms with Crippen molar-refractivity contribution in [1.82, 2.24) is 9.96 Å². The largest absolute Gasteiger partial charge is 0.321 e. The molecule has 1 heterocycles. The van der Waals surface area contributed by atoms with Crippen molar-refractivity contribution in [2.45, 2.75) is 70.9 Å². The number of hydroxylamine groups is 2. The molecule has 1 saturated heterocycles. The Bertz CT molecular complexity index is 717. The van der Waals surface area contributed by atoms with Crippen molar-refractivity contribution in [3.05, 3.63) is 34.4 Å². The smallest absolute Gasteiger partial charge is 0.228 e. The first-order valence-corrected chi connectivity index (χ1v) is 9.99. The quantitative estimate of drug-likeness (QED) is 0.798. The minimum Gasteiger partial charge on any atom is -0.321 e. The van der Waals surface area contributed by atoms with Crippen molar-refractivity contribution in [2.24, 2.45) is 0 Å². The van der Waals surface area contributed by atoms with E-state index in [0.717, 1.165) is 36.0 Å². The van der Waals surface area contributed by atoms with Gasteiger partial charge in [-0.1, -0.05) is 17.7 Å². The molecule has 1 aliphatic carbocycles. The molecule has 1 aliphatic heterocycles. The Hall–Kier alpha value is -1.90. The fourth-order valence-electron chi connectivity index (χ4n) is 4.61. The SMILES string of the molecule is CON1CCC(C#N)(N(C(=O)Cc2c(C)cc(C)cc2C)C2CCC2)CC1. The van der Waals surface area contributed by atoms with Gasteiger partial charge >= 0.3 is 0 Å². The maximum absolute atomic E-state index is 13.5. The maximum atomic E-state index is 13.5. The monoisotopic (exact) mass is 369 g/mol. The van der Waals surface area contributed by atoms with Gasteiger partial charge in [0.2, 0.25) is 5.91 Å². The van der Waals surface area contributed by atoms with E-state index in [1.54, 1.807) is 7.11 Å². The number of carbonyl (C=O) groups is 1. The third kappa shape index (κ3) is 3.88. The number of benzene rings is 1. The lowest BCUT2D eigenvalue weighted by Crippen LogP contribution is -2.61. The van der Waals surface area contributed by atoms with Gasteiger partial charge < -0.3 is 9.74 Å². The standard InChI is InChI=1S/C22H31N3O2/c1-16-12-17(2)20(18(3)13-16)14-21(26)25(19-6-5-7-19)22(15-23)8-10-24(27-4)11-9-22/h12-13,19H,5-11,14H2,1-4H3. The van der Waals surface area contributed by atoms with E-state index in [1.165, 1.54) is 5.56 Å². The minimum atomic E-state index is -0.705. The number of nitriles is 1. The summed E-state index contributed by atoms with van der Waals surface area (Å²) in [6.07, 6.45) is 4.83. The highest BCUT2D eigenvalue weighted by Crippen LogP contribution is 2.37. The van der Waals surface area contributed by atoms with E-state index in [9.17, 15) is 10.1 Å². The summed E-state index contributed by atoms with van der Waals surface area (Å²) in [7, 11) is 1.66. The van der Waals surface area contributed by atoms with E-state index in [4.69, 9.17) is 4.84 Å². The number of hydrogen-bond donors (Lipinski definition) is 0. The molecule has 1 aromatic rings.